The lowest BCUT2D eigenvalue weighted by Gasteiger charge is -2.45. The third-order valence-electron chi connectivity index (χ3n) is 5.40. The quantitative estimate of drug-likeness (QED) is 0.923. The van der Waals surface area contributed by atoms with Gasteiger partial charge >= 0.3 is 0 Å². The van der Waals surface area contributed by atoms with Crippen LogP contribution in [0.2, 0.25) is 0 Å². The Morgan fingerprint density at radius 2 is 1.81 bits per heavy atom. The number of nitrogens with one attached hydrogen (secondary N) is 1. The van der Waals surface area contributed by atoms with Crippen molar-refractivity contribution >= 4 is 11.4 Å². The van der Waals surface area contributed by atoms with Gasteiger partial charge in [-0.25, -0.2) is 4.39 Å². The van der Waals surface area contributed by atoms with Crippen LogP contribution in [0.1, 0.15) is 25.7 Å². The summed E-state index contributed by atoms with van der Waals surface area (Å²) in [6.45, 7) is 5.57. The van der Waals surface area contributed by atoms with Crippen LogP contribution in [0.5, 0.6) is 0 Å². The van der Waals surface area contributed by atoms with E-state index in [-0.39, 0.29) is 5.82 Å². The minimum atomic E-state index is -0.0804. The first kappa shape index (κ1) is 13.4. The Hall–Kier alpha value is -1.29. The Bertz CT molecular complexity index is 505. The number of piperidine rings is 3. The monoisotopic (exact) mass is 289 g/mol. The molecule has 1 atom stereocenters. The summed E-state index contributed by atoms with van der Waals surface area (Å²) in [6.07, 6.45) is 4.93. The van der Waals surface area contributed by atoms with Gasteiger partial charge in [-0.15, -0.1) is 0 Å². The first-order valence-corrected chi connectivity index (χ1v) is 8.33. The fourth-order valence-electron chi connectivity index (χ4n) is 4.15. The fourth-order valence-corrected chi connectivity index (χ4v) is 4.15. The second-order valence-electron chi connectivity index (χ2n) is 6.75. The zero-order valence-corrected chi connectivity index (χ0v) is 12.5. The molecule has 1 aromatic carbocycles. The van der Waals surface area contributed by atoms with Gasteiger partial charge in [0.15, 0.2) is 0 Å². The molecule has 1 unspecified atom stereocenters. The van der Waals surface area contributed by atoms with Crippen molar-refractivity contribution in [3.05, 3.63) is 24.0 Å². The van der Waals surface area contributed by atoms with E-state index in [1.165, 1.54) is 38.8 Å². The zero-order valence-electron chi connectivity index (χ0n) is 12.5. The molecule has 2 bridgehead atoms. The molecule has 114 valence electrons. The first-order chi connectivity index (χ1) is 10.3. The molecule has 1 aromatic rings. The van der Waals surface area contributed by atoms with Crippen molar-refractivity contribution in [3.63, 3.8) is 0 Å². The number of fused-ring (bicyclic) bond motifs is 3. The molecular weight excluding hydrogens is 265 g/mol. The van der Waals surface area contributed by atoms with E-state index in [0.29, 0.717) is 6.04 Å². The third-order valence-corrected chi connectivity index (χ3v) is 5.40. The van der Waals surface area contributed by atoms with E-state index in [1.807, 2.05) is 12.1 Å². The lowest BCUT2D eigenvalue weighted by atomic mass is 9.84. The van der Waals surface area contributed by atoms with Gasteiger partial charge in [-0.05, 0) is 62.9 Å². The molecule has 0 aromatic heterocycles. The van der Waals surface area contributed by atoms with Crippen LogP contribution in [-0.2, 0) is 0 Å². The van der Waals surface area contributed by atoms with Crippen molar-refractivity contribution in [1.82, 2.24) is 4.90 Å². The standard InChI is InChI=1S/C17H24FN3/c18-15-11-14(3-4-17(15)21-7-1-2-8-21)19-16-12-20-9-5-13(16)6-10-20/h3-4,11,13,16,19H,1-2,5-10,12H2. The fraction of sp³-hybridized carbons (Fsp3) is 0.647. The van der Waals surface area contributed by atoms with Crippen molar-refractivity contribution in [2.24, 2.45) is 5.92 Å². The number of hydrogen-bond acceptors (Lipinski definition) is 3. The maximum atomic E-state index is 14.4. The lowest BCUT2D eigenvalue weighted by Crippen LogP contribution is -2.53. The molecule has 5 rings (SSSR count). The van der Waals surface area contributed by atoms with E-state index in [4.69, 9.17) is 0 Å². The molecule has 0 amide bonds. The highest BCUT2D eigenvalue weighted by Crippen LogP contribution is 2.31. The molecule has 4 saturated heterocycles. The summed E-state index contributed by atoms with van der Waals surface area (Å²) in [6, 6.07) is 6.17. The number of anilines is 2. The smallest absolute Gasteiger partial charge is 0.148 e. The zero-order chi connectivity index (χ0) is 14.2. The predicted molar refractivity (Wildman–Crippen MR) is 84.4 cm³/mol. The molecule has 0 saturated carbocycles. The van der Waals surface area contributed by atoms with E-state index in [2.05, 4.69) is 15.1 Å². The van der Waals surface area contributed by atoms with Crippen LogP contribution in [0.15, 0.2) is 18.2 Å². The molecule has 4 aliphatic rings. The summed E-state index contributed by atoms with van der Waals surface area (Å²) >= 11 is 0. The third kappa shape index (κ3) is 2.61. The first-order valence-electron chi connectivity index (χ1n) is 8.33. The van der Waals surface area contributed by atoms with Crippen molar-refractivity contribution in [1.29, 1.82) is 0 Å². The molecule has 1 N–H and O–H groups in total. The van der Waals surface area contributed by atoms with Gasteiger partial charge in [0.2, 0.25) is 0 Å². The number of halogens is 1. The van der Waals surface area contributed by atoms with Gasteiger partial charge in [0.05, 0.1) is 5.69 Å². The predicted octanol–water partition coefficient (Wildman–Crippen LogP) is 2.93. The average Bonchev–Trinajstić information content (AvgIpc) is 3.03. The van der Waals surface area contributed by atoms with Crippen molar-refractivity contribution in [3.8, 4) is 0 Å². The van der Waals surface area contributed by atoms with Crippen LogP contribution in [-0.4, -0.2) is 43.7 Å². The molecule has 0 aliphatic carbocycles. The van der Waals surface area contributed by atoms with Gasteiger partial charge in [-0.3, -0.25) is 0 Å². The van der Waals surface area contributed by atoms with Crippen molar-refractivity contribution in [2.45, 2.75) is 31.7 Å². The Morgan fingerprint density at radius 1 is 1.05 bits per heavy atom. The molecule has 4 heteroatoms. The van der Waals surface area contributed by atoms with Crippen LogP contribution in [0, 0.1) is 11.7 Å². The summed E-state index contributed by atoms with van der Waals surface area (Å²) in [4.78, 5) is 4.68. The van der Waals surface area contributed by atoms with Crippen molar-refractivity contribution < 1.29 is 4.39 Å². The Kier molecular flexibility index (Phi) is 3.49. The van der Waals surface area contributed by atoms with Gasteiger partial charge < -0.3 is 15.1 Å². The molecule has 0 radical (unpaired) electrons. The second-order valence-corrected chi connectivity index (χ2v) is 6.75. The number of rotatable bonds is 3. The normalized spacial score (nSPS) is 31.7. The van der Waals surface area contributed by atoms with Crippen LogP contribution < -0.4 is 10.2 Å². The van der Waals surface area contributed by atoms with Crippen LogP contribution in [0.25, 0.3) is 0 Å². The Balaban J connectivity index is 1.47. The van der Waals surface area contributed by atoms with Gasteiger partial charge in [-0.1, -0.05) is 0 Å². The largest absolute Gasteiger partial charge is 0.381 e. The van der Waals surface area contributed by atoms with E-state index in [1.54, 1.807) is 6.07 Å². The van der Waals surface area contributed by atoms with E-state index in [9.17, 15) is 4.39 Å². The van der Waals surface area contributed by atoms with Crippen LogP contribution in [0.4, 0.5) is 15.8 Å². The molecule has 21 heavy (non-hydrogen) atoms. The molecule has 4 fully saturated rings. The SMILES string of the molecule is Fc1cc(NC2CN3CCC2CC3)ccc1N1CCCC1. The highest BCUT2D eigenvalue weighted by Gasteiger charge is 2.34. The molecule has 4 aliphatic heterocycles. The maximum Gasteiger partial charge on any atom is 0.148 e. The Morgan fingerprint density at radius 3 is 2.43 bits per heavy atom. The summed E-state index contributed by atoms with van der Waals surface area (Å²) < 4.78 is 14.4. The van der Waals surface area contributed by atoms with Gasteiger partial charge in [-0.2, -0.15) is 0 Å². The summed E-state index contributed by atoms with van der Waals surface area (Å²) in [5.74, 6) is 0.680. The van der Waals surface area contributed by atoms with Gasteiger partial charge in [0.1, 0.15) is 5.82 Å². The maximum absolute atomic E-state index is 14.4. The minimum Gasteiger partial charge on any atom is -0.381 e. The molecule has 4 heterocycles. The summed E-state index contributed by atoms with van der Waals surface area (Å²) in [5.41, 5.74) is 1.71. The van der Waals surface area contributed by atoms with Gasteiger partial charge in [0, 0.05) is 31.4 Å². The summed E-state index contributed by atoms with van der Waals surface area (Å²) in [5, 5.41) is 3.57. The second kappa shape index (κ2) is 5.48. The van der Waals surface area contributed by atoms with E-state index >= 15 is 0 Å². The van der Waals surface area contributed by atoms with E-state index < -0.39 is 0 Å². The van der Waals surface area contributed by atoms with E-state index in [0.717, 1.165) is 36.9 Å². The topological polar surface area (TPSA) is 18.5 Å². The average molecular weight is 289 g/mol. The number of nitrogens with zero attached hydrogens (tertiary/aromatic N) is 2. The molecule has 0 spiro atoms. The Labute approximate surface area is 126 Å². The minimum absolute atomic E-state index is 0.0804. The van der Waals surface area contributed by atoms with Crippen LogP contribution in [0.3, 0.4) is 0 Å². The van der Waals surface area contributed by atoms with Gasteiger partial charge in [0.25, 0.3) is 0 Å². The number of benzene rings is 1. The lowest BCUT2D eigenvalue weighted by molar-refractivity contribution is 0.0975. The highest BCUT2D eigenvalue weighted by atomic mass is 19.1. The van der Waals surface area contributed by atoms with Crippen LogP contribution >= 0.6 is 0 Å². The highest BCUT2D eigenvalue weighted by molar-refractivity contribution is 5.57. The van der Waals surface area contributed by atoms with Crippen molar-refractivity contribution in [2.75, 3.05) is 42.9 Å². The molecule has 3 nitrogen and oxygen atoms in total. The molecular formula is C17H24FN3. The number of hydrogen-bond donors (Lipinski definition) is 1. The summed E-state index contributed by atoms with van der Waals surface area (Å²) in [7, 11) is 0.